The summed E-state index contributed by atoms with van der Waals surface area (Å²) in [5, 5.41) is 23.1. The summed E-state index contributed by atoms with van der Waals surface area (Å²) in [6, 6.07) is 6.43. The fourth-order valence-electron chi connectivity index (χ4n) is 3.69. The van der Waals surface area contributed by atoms with E-state index in [4.69, 9.17) is 27.9 Å². The monoisotopic (exact) mass is 507 g/mol. The average molecular weight is 508 g/mol. The summed E-state index contributed by atoms with van der Waals surface area (Å²) in [5.74, 6) is -6.92. The number of halogens is 4. The van der Waals surface area contributed by atoms with Crippen molar-refractivity contribution in [2.24, 2.45) is 0 Å². The third kappa shape index (κ3) is 3.73. The van der Waals surface area contributed by atoms with Gasteiger partial charge in [-0.15, -0.1) is 0 Å². The van der Waals surface area contributed by atoms with E-state index in [1.165, 1.54) is 12.1 Å². The number of para-hydroxylation sites is 1. The fourth-order valence-corrected chi connectivity index (χ4v) is 4.18. The van der Waals surface area contributed by atoms with Gasteiger partial charge >= 0.3 is 0 Å². The molecule has 4 rings (SSSR count). The van der Waals surface area contributed by atoms with Crippen molar-refractivity contribution in [3.63, 3.8) is 0 Å². The molecule has 0 heterocycles. The van der Waals surface area contributed by atoms with Crippen molar-refractivity contribution < 1.29 is 33.3 Å². The van der Waals surface area contributed by atoms with Crippen LogP contribution < -0.4 is 10.1 Å². The van der Waals surface area contributed by atoms with Crippen LogP contribution in [-0.4, -0.2) is 28.4 Å². The normalized spacial score (nSPS) is 12.4. The number of anilines is 2. The molecule has 10 heteroatoms. The predicted molar refractivity (Wildman–Crippen MR) is 123 cm³/mol. The first kappa shape index (κ1) is 23.8. The summed E-state index contributed by atoms with van der Waals surface area (Å²) in [7, 11) is 0. The molecule has 3 aromatic rings. The van der Waals surface area contributed by atoms with Crippen molar-refractivity contribution in [2.75, 3.05) is 11.9 Å². The highest BCUT2D eigenvalue weighted by molar-refractivity contribution is 6.39. The second-order valence-corrected chi connectivity index (χ2v) is 8.33. The minimum atomic E-state index is -1.30. The molecule has 1 aliphatic rings. The summed E-state index contributed by atoms with van der Waals surface area (Å²) in [6.07, 6.45) is 1.18. The molecule has 0 aliphatic heterocycles. The van der Waals surface area contributed by atoms with E-state index in [1.807, 2.05) is 6.92 Å². The van der Waals surface area contributed by atoms with Crippen LogP contribution in [0.25, 0.3) is 0 Å². The van der Waals surface area contributed by atoms with Crippen molar-refractivity contribution in [3.05, 3.63) is 74.3 Å². The molecule has 34 heavy (non-hydrogen) atoms. The summed E-state index contributed by atoms with van der Waals surface area (Å²) in [5.41, 5.74) is -3.63. The Morgan fingerprint density at radius 2 is 1.38 bits per heavy atom. The Balaban J connectivity index is 2.00. The number of rotatable bonds is 6. The number of carbonyl (C=O) groups is 2. The number of hydrogen-bond donors (Lipinski definition) is 3. The number of benzene rings is 3. The Labute approximate surface area is 202 Å². The number of unbranched alkanes of at least 4 members (excludes halogenated alkanes) is 1. The number of carbonyl (C=O) groups excluding carboxylic acids is 2. The lowest BCUT2D eigenvalue weighted by Gasteiger charge is -2.24. The molecule has 0 saturated heterocycles. The highest BCUT2D eigenvalue weighted by Gasteiger charge is 2.42. The Morgan fingerprint density at radius 3 is 1.91 bits per heavy atom. The van der Waals surface area contributed by atoms with E-state index >= 15 is 8.78 Å². The minimum Gasteiger partial charge on any atom is -0.507 e. The number of fused-ring (bicyclic) bond motifs is 2. The second-order valence-electron chi connectivity index (χ2n) is 7.52. The van der Waals surface area contributed by atoms with Gasteiger partial charge in [-0.25, -0.2) is 8.78 Å². The summed E-state index contributed by atoms with van der Waals surface area (Å²) >= 11 is 12.3. The molecule has 3 N–H and O–H groups in total. The molecule has 6 nitrogen and oxygen atoms in total. The Bertz CT molecular complexity index is 1340. The van der Waals surface area contributed by atoms with E-state index in [1.54, 1.807) is 6.07 Å². The van der Waals surface area contributed by atoms with Crippen LogP contribution in [0, 0.1) is 11.6 Å². The molecule has 0 amide bonds. The van der Waals surface area contributed by atoms with Gasteiger partial charge in [0.05, 0.1) is 44.6 Å². The predicted octanol–water partition coefficient (Wildman–Crippen LogP) is 6.38. The van der Waals surface area contributed by atoms with Crippen LogP contribution in [0.5, 0.6) is 17.2 Å². The van der Waals surface area contributed by atoms with E-state index in [-0.39, 0.29) is 22.3 Å². The number of aromatic hydroxyl groups is 2. The smallest absolute Gasteiger partial charge is 0.201 e. The van der Waals surface area contributed by atoms with Gasteiger partial charge in [-0.1, -0.05) is 42.6 Å². The van der Waals surface area contributed by atoms with Crippen molar-refractivity contribution in [1.82, 2.24) is 0 Å². The van der Waals surface area contributed by atoms with Gasteiger partial charge in [0.2, 0.25) is 11.6 Å². The third-order valence-corrected chi connectivity index (χ3v) is 5.99. The maximum atomic E-state index is 15.9. The quantitative estimate of drug-likeness (QED) is 0.207. The van der Waals surface area contributed by atoms with E-state index < -0.39 is 68.4 Å². The first-order valence-corrected chi connectivity index (χ1v) is 11.0. The lowest BCUT2D eigenvalue weighted by Crippen LogP contribution is -2.25. The molecule has 0 fully saturated rings. The van der Waals surface area contributed by atoms with Crippen LogP contribution in [0.4, 0.5) is 20.2 Å². The average Bonchev–Trinajstić information content (AvgIpc) is 2.79. The maximum Gasteiger partial charge on any atom is 0.201 e. The highest BCUT2D eigenvalue weighted by atomic mass is 35.5. The van der Waals surface area contributed by atoms with Crippen molar-refractivity contribution >= 4 is 46.1 Å². The number of ether oxygens (including phenoxy) is 1. The van der Waals surface area contributed by atoms with Crippen LogP contribution in [0.3, 0.4) is 0 Å². The van der Waals surface area contributed by atoms with E-state index in [2.05, 4.69) is 5.32 Å². The van der Waals surface area contributed by atoms with Gasteiger partial charge in [0.1, 0.15) is 17.2 Å². The summed E-state index contributed by atoms with van der Waals surface area (Å²) in [4.78, 5) is 26.3. The molecule has 0 atom stereocenters. The summed E-state index contributed by atoms with van der Waals surface area (Å²) in [6.45, 7) is 1.85. The SMILES string of the molecule is CCCCOc1c(F)c2c(c(F)c1Nc1c(Cl)cccc1Cl)C(=O)c1c(O)ccc(O)c1C2=O. The maximum absolute atomic E-state index is 15.9. The Morgan fingerprint density at radius 1 is 0.853 bits per heavy atom. The molecular formula is C24H17Cl2F2NO5. The number of phenols is 2. The molecule has 0 radical (unpaired) electrons. The van der Waals surface area contributed by atoms with Gasteiger partial charge in [-0.2, -0.15) is 0 Å². The van der Waals surface area contributed by atoms with Gasteiger partial charge in [0.15, 0.2) is 17.4 Å². The number of hydrogen-bond acceptors (Lipinski definition) is 6. The van der Waals surface area contributed by atoms with Crippen LogP contribution in [0.15, 0.2) is 30.3 Å². The zero-order valence-corrected chi connectivity index (χ0v) is 19.2. The Kier molecular flexibility index (Phi) is 6.38. The van der Waals surface area contributed by atoms with E-state index in [0.717, 1.165) is 12.1 Å². The molecule has 0 saturated carbocycles. The summed E-state index contributed by atoms with van der Waals surface area (Å²) < 4.78 is 37.1. The third-order valence-electron chi connectivity index (χ3n) is 5.36. The first-order chi connectivity index (χ1) is 16.2. The van der Waals surface area contributed by atoms with Crippen LogP contribution in [0.1, 0.15) is 51.6 Å². The van der Waals surface area contributed by atoms with Gasteiger partial charge < -0.3 is 20.3 Å². The van der Waals surface area contributed by atoms with E-state index in [0.29, 0.717) is 12.8 Å². The first-order valence-electron chi connectivity index (χ1n) is 10.2. The molecule has 176 valence electrons. The van der Waals surface area contributed by atoms with Gasteiger partial charge in [0.25, 0.3) is 0 Å². The number of phenolic OH excluding ortho intramolecular Hbond substituents is 2. The van der Waals surface area contributed by atoms with Gasteiger partial charge in [-0.3, -0.25) is 9.59 Å². The minimum absolute atomic E-state index is 0.0126. The zero-order chi connectivity index (χ0) is 24.7. The van der Waals surface area contributed by atoms with Gasteiger partial charge in [-0.05, 0) is 30.7 Å². The highest BCUT2D eigenvalue weighted by Crippen LogP contribution is 2.46. The molecular weight excluding hydrogens is 491 g/mol. The fraction of sp³-hybridized carbons (Fsp3) is 0.167. The molecule has 1 aliphatic carbocycles. The van der Waals surface area contributed by atoms with Crippen LogP contribution in [-0.2, 0) is 0 Å². The topological polar surface area (TPSA) is 95.9 Å². The van der Waals surface area contributed by atoms with Gasteiger partial charge in [0, 0.05) is 0 Å². The lowest BCUT2D eigenvalue weighted by molar-refractivity contribution is 0.0966. The van der Waals surface area contributed by atoms with Crippen molar-refractivity contribution in [2.45, 2.75) is 19.8 Å². The van der Waals surface area contributed by atoms with Crippen molar-refractivity contribution in [3.8, 4) is 17.2 Å². The molecule has 0 bridgehead atoms. The van der Waals surface area contributed by atoms with Crippen LogP contribution in [0.2, 0.25) is 10.0 Å². The van der Waals surface area contributed by atoms with Crippen LogP contribution >= 0.6 is 23.2 Å². The standard InChI is InChI=1S/C24H17Cl2F2NO5/c1-2-3-9-34-24-19(28)17-16(18(27)21(24)29-20-10(25)5-4-6-11(20)26)22(32)14-12(30)7-8-13(31)15(14)23(17)33/h4-8,29-31H,2-3,9H2,1H3. The number of ketones is 2. The molecule has 3 aromatic carbocycles. The largest absolute Gasteiger partial charge is 0.507 e. The van der Waals surface area contributed by atoms with Crippen molar-refractivity contribution in [1.29, 1.82) is 0 Å². The molecule has 0 unspecified atom stereocenters. The number of nitrogens with one attached hydrogen (secondary N) is 1. The molecule has 0 spiro atoms. The zero-order valence-electron chi connectivity index (χ0n) is 17.6. The second kappa shape index (κ2) is 9.12. The molecule has 0 aromatic heterocycles. The lowest BCUT2D eigenvalue weighted by atomic mass is 9.82. The Hall–Kier alpha value is -3.36. The van der Waals surface area contributed by atoms with E-state index in [9.17, 15) is 19.8 Å².